The Labute approximate surface area is 126 Å². The Morgan fingerprint density at radius 1 is 1.32 bits per heavy atom. The number of H-pyrrole nitrogens is 1. The molecule has 22 heavy (non-hydrogen) atoms. The van der Waals surface area contributed by atoms with Gasteiger partial charge in [-0.2, -0.15) is 0 Å². The molecule has 0 fully saturated rings. The number of para-hydroxylation sites is 1. The van der Waals surface area contributed by atoms with Gasteiger partial charge in [-0.3, -0.25) is 4.79 Å². The third kappa shape index (κ3) is 2.44. The average molecular weight is 297 g/mol. The maximum Gasteiger partial charge on any atom is 0.278 e. The molecule has 0 spiro atoms. The van der Waals surface area contributed by atoms with Crippen molar-refractivity contribution in [2.75, 3.05) is 11.1 Å². The lowest BCUT2D eigenvalue weighted by Crippen LogP contribution is -2.14. The summed E-state index contributed by atoms with van der Waals surface area (Å²) in [6.07, 6.45) is 1.73. The molecule has 7 nitrogen and oxygen atoms in total. The molecular formula is C15H15N5O2. The highest BCUT2D eigenvalue weighted by Gasteiger charge is 2.18. The molecule has 0 aliphatic heterocycles. The number of aromatic nitrogens is 3. The molecule has 2 aromatic heterocycles. The van der Waals surface area contributed by atoms with Crippen molar-refractivity contribution in [3.63, 3.8) is 0 Å². The van der Waals surface area contributed by atoms with E-state index in [1.807, 2.05) is 25.1 Å². The van der Waals surface area contributed by atoms with Crippen LogP contribution < -0.4 is 11.1 Å². The summed E-state index contributed by atoms with van der Waals surface area (Å²) >= 11 is 0. The van der Waals surface area contributed by atoms with Crippen LogP contribution in [-0.4, -0.2) is 21.0 Å². The molecule has 112 valence electrons. The molecule has 0 aliphatic carbocycles. The molecule has 1 aromatic carbocycles. The first kappa shape index (κ1) is 13.9. The molecule has 2 heterocycles. The summed E-state index contributed by atoms with van der Waals surface area (Å²) in [7, 11) is 0. The maximum atomic E-state index is 12.3. The Balaban J connectivity index is 1.93. The number of hydrogen-bond acceptors (Lipinski definition) is 5. The second kappa shape index (κ2) is 5.36. The number of carbonyl (C=O) groups is 1. The van der Waals surface area contributed by atoms with E-state index in [-0.39, 0.29) is 17.5 Å². The van der Waals surface area contributed by atoms with Gasteiger partial charge in [-0.15, -0.1) is 0 Å². The van der Waals surface area contributed by atoms with E-state index >= 15 is 0 Å². The fourth-order valence-electron chi connectivity index (χ4n) is 2.09. The van der Waals surface area contributed by atoms with Crippen LogP contribution in [0, 0.1) is 13.8 Å². The van der Waals surface area contributed by atoms with E-state index in [1.54, 1.807) is 19.2 Å². The standard InChI is InChI=1S/C15H15N5O2/c1-8-7-17-14(18-8)10-5-3-4-6-11(10)19-15(21)12-9(2)13(16)22-20-12/h3-7H,16H2,1-2H3,(H,17,18)(H,19,21). The molecule has 3 aromatic rings. The minimum atomic E-state index is -0.381. The van der Waals surface area contributed by atoms with E-state index in [2.05, 4.69) is 20.4 Å². The van der Waals surface area contributed by atoms with E-state index in [9.17, 15) is 4.79 Å². The van der Waals surface area contributed by atoms with Crippen molar-refractivity contribution in [2.45, 2.75) is 13.8 Å². The predicted molar refractivity (Wildman–Crippen MR) is 82.4 cm³/mol. The molecule has 1 amide bonds. The van der Waals surface area contributed by atoms with Gasteiger partial charge in [-0.05, 0) is 26.0 Å². The van der Waals surface area contributed by atoms with Crippen LogP contribution in [0.25, 0.3) is 11.4 Å². The molecular weight excluding hydrogens is 282 g/mol. The van der Waals surface area contributed by atoms with Crippen molar-refractivity contribution in [1.82, 2.24) is 15.1 Å². The molecule has 7 heteroatoms. The monoisotopic (exact) mass is 297 g/mol. The van der Waals surface area contributed by atoms with Gasteiger partial charge in [-0.1, -0.05) is 17.3 Å². The van der Waals surface area contributed by atoms with Gasteiger partial charge in [0.05, 0.1) is 5.69 Å². The van der Waals surface area contributed by atoms with E-state index < -0.39 is 0 Å². The Morgan fingerprint density at radius 3 is 2.73 bits per heavy atom. The third-order valence-electron chi connectivity index (χ3n) is 3.31. The number of aryl methyl sites for hydroxylation is 1. The highest BCUT2D eigenvalue weighted by atomic mass is 16.5. The second-order valence-corrected chi connectivity index (χ2v) is 4.93. The fraction of sp³-hybridized carbons (Fsp3) is 0.133. The quantitative estimate of drug-likeness (QED) is 0.688. The molecule has 0 saturated carbocycles. The topological polar surface area (TPSA) is 110 Å². The highest BCUT2D eigenvalue weighted by molar-refractivity contribution is 6.06. The van der Waals surface area contributed by atoms with Gasteiger partial charge in [0.2, 0.25) is 5.88 Å². The number of aromatic amines is 1. The van der Waals surface area contributed by atoms with Crippen LogP contribution in [0.15, 0.2) is 35.0 Å². The lowest BCUT2D eigenvalue weighted by atomic mass is 10.1. The predicted octanol–water partition coefficient (Wildman–Crippen LogP) is 2.52. The number of imidazole rings is 1. The third-order valence-corrected chi connectivity index (χ3v) is 3.31. The van der Waals surface area contributed by atoms with Gasteiger partial charge in [0.1, 0.15) is 5.82 Å². The molecule has 0 atom stereocenters. The number of carbonyl (C=O) groups excluding carboxylic acids is 1. The number of rotatable bonds is 3. The van der Waals surface area contributed by atoms with E-state index in [1.165, 1.54) is 0 Å². The highest BCUT2D eigenvalue weighted by Crippen LogP contribution is 2.26. The summed E-state index contributed by atoms with van der Waals surface area (Å²) in [6.45, 7) is 3.60. The molecule has 4 N–H and O–H groups in total. The SMILES string of the molecule is Cc1cnc(-c2ccccc2NC(=O)c2noc(N)c2C)[nH]1. The van der Waals surface area contributed by atoms with Crippen LogP contribution in [0.2, 0.25) is 0 Å². The van der Waals surface area contributed by atoms with Gasteiger partial charge in [0.15, 0.2) is 5.69 Å². The van der Waals surface area contributed by atoms with E-state index in [0.717, 1.165) is 11.3 Å². The van der Waals surface area contributed by atoms with Crippen molar-refractivity contribution < 1.29 is 9.32 Å². The maximum absolute atomic E-state index is 12.3. The van der Waals surface area contributed by atoms with Crippen molar-refractivity contribution in [3.8, 4) is 11.4 Å². The number of nitrogens with two attached hydrogens (primary N) is 1. The van der Waals surface area contributed by atoms with Crippen molar-refractivity contribution >= 4 is 17.5 Å². The van der Waals surface area contributed by atoms with Gasteiger partial charge in [-0.25, -0.2) is 4.98 Å². The fourth-order valence-corrected chi connectivity index (χ4v) is 2.09. The first-order valence-electron chi connectivity index (χ1n) is 6.70. The van der Waals surface area contributed by atoms with Crippen molar-refractivity contribution in [2.24, 2.45) is 0 Å². The summed E-state index contributed by atoms with van der Waals surface area (Å²) in [5.41, 5.74) is 8.62. The summed E-state index contributed by atoms with van der Waals surface area (Å²) in [5.74, 6) is 0.443. The van der Waals surface area contributed by atoms with E-state index in [4.69, 9.17) is 10.3 Å². The number of nitrogens with one attached hydrogen (secondary N) is 2. The van der Waals surface area contributed by atoms with Crippen molar-refractivity contribution in [1.29, 1.82) is 0 Å². The normalized spacial score (nSPS) is 10.6. The summed E-state index contributed by atoms with van der Waals surface area (Å²) in [6, 6.07) is 7.38. The molecule has 3 rings (SSSR count). The van der Waals surface area contributed by atoms with Crippen LogP contribution in [0.5, 0.6) is 0 Å². The molecule has 0 aliphatic rings. The van der Waals surface area contributed by atoms with Crippen LogP contribution in [0.4, 0.5) is 11.6 Å². The summed E-state index contributed by atoms with van der Waals surface area (Å²) < 4.78 is 4.82. The van der Waals surface area contributed by atoms with Gasteiger partial charge < -0.3 is 20.6 Å². The zero-order valence-electron chi connectivity index (χ0n) is 12.2. The number of hydrogen-bond donors (Lipinski definition) is 3. The number of amides is 1. The Kier molecular flexibility index (Phi) is 3.38. The Morgan fingerprint density at radius 2 is 2.09 bits per heavy atom. The van der Waals surface area contributed by atoms with Gasteiger partial charge in [0, 0.05) is 23.0 Å². The zero-order chi connectivity index (χ0) is 15.7. The Bertz CT molecular complexity index is 834. The van der Waals surface area contributed by atoms with Crippen LogP contribution in [-0.2, 0) is 0 Å². The van der Waals surface area contributed by atoms with E-state index in [0.29, 0.717) is 17.1 Å². The largest absolute Gasteiger partial charge is 0.367 e. The molecule has 0 saturated heterocycles. The number of anilines is 2. The molecule has 0 unspecified atom stereocenters. The minimum Gasteiger partial charge on any atom is -0.367 e. The lowest BCUT2D eigenvalue weighted by Gasteiger charge is -2.08. The Hall–Kier alpha value is -3.09. The smallest absolute Gasteiger partial charge is 0.278 e. The van der Waals surface area contributed by atoms with Crippen molar-refractivity contribution in [3.05, 3.63) is 47.4 Å². The van der Waals surface area contributed by atoms with Crippen LogP contribution >= 0.6 is 0 Å². The first-order valence-corrected chi connectivity index (χ1v) is 6.70. The number of nitrogen functional groups attached to an aromatic ring is 1. The number of benzene rings is 1. The number of nitrogens with zero attached hydrogens (tertiary/aromatic N) is 2. The average Bonchev–Trinajstić information content (AvgIpc) is 3.07. The van der Waals surface area contributed by atoms with Gasteiger partial charge >= 0.3 is 0 Å². The van der Waals surface area contributed by atoms with Crippen LogP contribution in [0.1, 0.15) is 21.7 Å². The minimum absolute atomic E-state index is 0.139. The second-order valence-electron chi connectivity index (χ2n) is 4.93. The lowest BCUT2D eigenvalue weighted by molar-refractivity contribution is 0.101. The van der Waals surface area contributed by atoms with Gasteiger partial charge in [0.25, 0.3) is 5.91 Å². The first-order chi connectivity index (χ1) is 10.6. The van der Waals surface area contributed by atoms with Crippen LogP contribution in [0.3, 0.4) is 0 Å². The molecule has 0 radical (unpaired) electrons. The molecule has 0 bridgehead atoms. The summed E-state index contributed by atoms with van der Waals surface area (Å²) in [4.78, 5) is 19.7. The summed E-state index contributed by atoms with van der Waals surface area (Å²) in [5, 5.41) is 6.49. The zero-order valence-corrected chi connectivity index (χ0v) is 12.2.